The number of aromatic nitrogens is 1. The summed E-state index contributed by atoms with van der Waals surface area (Å²) in [6, 6.07) is 3.94. The van der Waals surface area contributed by atoms with Gasteiger partial charge in [-0.3, -0.25) is 0 Å². The van der Waals surface area contributed by atoms with Crippen molar-refractivity contribution in [2.75, 3.05) is 0 Å². The Labute approximate surface area is 175 Å². The van der Waals surface area contributed by atoms with Gasteiger partial charge in [0.25, 0.3) is 9.84 Å². The van der Waals surface area contributed by atoms with Crippen molar-refractivity contribution in [3.05, 3.63) is 44.6 Å². The highest BCUT2D eigenvalue weighted by Crippen LogP contribution is 2.52. The molecular formula is C14H5Br2ClF7NO2S. The smallest absolute Gasteiger partial charge is 0.244 e. The van der Waals surface area contributed by atoms with Crippen molar-refractivity contribution in [2.45, 2.75) is 22.2 Å². The molecule has 0 saturated heterocycles. The summed E-state index contributed by atoms with van der Waals surface area (Å²) in [7, 11) is -6.54. The maximum atomic E-state index is 14.1. The molecule has 154 valence electrons. The van der Waals surface area contributed by atoms with E-state index in [9.17, 15) is 39.2 Å². The van der Waals surface area contributed by atoms with E-state index in [1.165, 1.54) is 6.07 Å². The van der Waals surface area contributed by atoms with Crippen LogP contribution in [0.1, 0.15) is 0 Å². The van der Waals surface area contributed by atoms with Crippen LogP contribution in [0.2, 0.25) is 5.15 Å². The number of nitrogens with zero attached hydrogens (tertiary/aromatic N) is 1. The first-order valence-electron chi connectivity index (χ1n) is 6.72. The number of benzene rings is 1. The second-order valence-corrected chi connectivity index (χ2v) is 9.34. The highest BCUT2D eigenvalue weighted by Gasteiger charge is 2.78. The summed E-state index contributed by atoms with van der Waals surface area (Å²) < 4.78 is 116. The number of hydrogen-bond donors (Lipinski definition) is 0. The lowest BCUT2D eigenvalue weighted by molar-refractivity contribution is -0.332. The van der Waals surface area contributed by atoms with E-state index in [1.807, 2.05) is 0 Å². The van der Waals surface area contributed by atoms with Crippen LogP contribution in [0.15, 0.2) is 44.3 Å². The van der Waals surface area contributed by atoms with Crippen molar-refractivity contribution in [2.24, 2.45) is 0 Å². The third kappa shape index (κ3) is 3.77. The van der Waals surface area contributed by atoms with Crippen LogP contribution in [0.5, 0.6) is 0 Å². The van der Waals surface area contributed by atoms with Crippen LogP contribution in [0.4, 0.5) is 30.7 Å². The summed E-state index contributed by atoms with van der Waals surface area (Å²) in [5.41, 5.74) is -0.765. The van der Waals surface area contributed by atoms with Crippen molar-refractivity contribution in [3.63, 3.8) is 0 Å². The minimum Gasteiger partial charge on any atom is -0.244 e. The van der Waals surface area contributed by atoms with Gasteiger partial charge in [0, 0.05) is 26.3 Å². The third-order valence-corrected chi connectivity index (χ3v) is 6.52. The molecule has 0 aliphatic heterocycles. The number of alkyl halides is 7. The van der Waals surface area contributed by atoms with Crippen molar-refractivity contribution < 1.29 is 39.2 Å². The molecule has 0 radical (unpaired) electrons. The topological polar surface area (TPSA) is 47.0 Å². The quantitative estimate of drug-likeness (QED) is 0.307. The van der Waals surface area contributed by atoms with Crippen LogP contribution in [0.3, 0.4) is 0 Å². The van der Waals surface area contributed by atoms with Crippen LogP contribution in [-0.2, 0) is 9.84 Å². The van der Waals surface area contributed by atoms with Crippen LogP contribution >= 0.6 is 43.5 Å². The lowest BCUT2D eigenvalue weighted by Gasteiger charge is -2.28. The van der Waals surface area contributed by atoms with Crippen molar-refractivity contribution in [1.82, 2.24) is 4.98 Å². The molecule has 3 nitrogen and oxygen atoms in total. The molecule has 28 heavy (non-hydrogen) atoms. The first-order chi connectivity index (χ1) is 12.5. The van der Waals surface area contributed by atoms with E-state index in [2.05, 4.69) is 36.8 Å². The molecule has 0 amide bonds. The molecule has 0 spiro atoms. The molecule has 0 aliphatic rings. The Balaban J connectivity index is 2.85. The Morgan fingerprint density at radius 1 is 0.964 bits per heavy atom. The molecular weight excluding hydrogens is 574 g/mol. The van der Waals surface area contributed by atoms with Gasteiger partial charge in [0.1, 0.15) is 5.15 Å². The summed E-state index contributed by atoms with van der Waals surface area (Å²) >= 11 is 11.3. The Morgan fingerprint density at radius 3 is 2.00 bits per heavy atom. The maximum Gasteiger partial charge on any atom is 0.461 e. The first-order valence-corrected chi connectivity index (χ1v) is 10.2. The third-order valence-electron chi connectivity index (χ3n) is 3.38. The molecule has 1 aromatic carbocycles. The summed E-state index contributed by atoms with van der Waals surface area (Å²) in [5, 5.41) is -6.55. The molecule has 1 aromatic heterocycles. The second kappa shape index (κ2) is 7.40. The summed E-state index contributed by atoms with van der Waals surface area (Å²) in [6.07, 6.45) is -5.87. The van der Waals surface area contributed by atoms with Crippen LogP contribution < -0.4 is 0 Å². The van der Waals surface area contributed by atoms with Crippen molar-refractivity contribution in [1.29, 1.82) is 0 Å². The summed E-state index contributed by atoms with van der Waals surface area (Å²) in [6.45, 7) is 0. The highest BCUT2D eigenvalue weighted by molar-refractivity contribution is 9.11. The van der Waals surface area contributed by atoms with Gasteiger partial charge < -0.3 is 0 Å². The Bertz CT molecular complexity index is 1010. The zero-order chi connectivity index (χ0) is 21.7. The van der Waals surface area contributed by atoms with Gasteiger partial charge in [0.05, 0.1) is 4.90 Å². The van der Waals surface area contributed by atoms with E-state index in [-0.39, 0.29) is 19.7 Å². The fourth-order valence-corrected chi connectivity index (χ4v) is 5.39. The second-order valence-electron chi connectivity index (χ2n) is 5.22. The molecule has 0 bridgehead atoms. The zero-order valence-electron chi connectivity index (χ0n) is 12.8. The van der Waals surface area contributed by atoms with Gasteiger partial charge in [-0.2, -0.15) is 30.7 Å². The Hall–Kier alpha value is -0.920. The maximum absolute atomic E-state index is 14.1. The molecule has 0 N–H and O–H groups in total. The van der Waals surface area contributed by atoms with E-state index in [0.717, 1.165) is 18.3 Å². The molecule has 14 heteroatoms. The van der Waals surface area contributed by atoms with E-state index in [1.54, 1.807) is 0 Å². The minimum absolute atomic E-state index is 0.0599. The largest absolute Gasteiger partial charge is 0.461 e. The lowest BCUT2D eigenvalue weighted by atomic mass is 10.1. The van der Waals surface area contributed by atoms with Crippen LogP contribution in [0, 0.1) is 0 Å². The molecule has 0 aliphatic carbocycles. The molecule has 0 fully saturated rings. The minimum atomic E-state index is -6.84. The number of pyridine rings is 1. The molecule has 1 heterocycles. The summed E-state index contributed by atoms with van der Waals surface area (Å²) in [4.78, 5) is 2.15. The Kier molecular flexibility index (Phi) is 6.17. The Morgan fingerprint density at radius 2 is 1.54 bits per heavy atom. The lowest BCUT2D eigenvalue weighted by Crippen LogP contribution is -2.56. The zero-order valence-corrected chi connectivity index (χ0v) is 17.6. The molecule has 0 unspecified atom stereocenters. The van der Waals surface area contributed by atoms with E-state index >= 15 is 0 Å². The average Bonchev–Trinajstić information content (AvgIpc) is 2.54. The number of rotatable bonds is 4. The SMILES string of the molecule is O=S(=O)(c1cc(Br)cc(Br)c1-c1ccc(Cl)nc1)C(F)(F)C(F)(F)C(F)(F)F. The number of halogens is 10. The van der Waals surface area contributed by atoms with Crippen LogP contribution in [0.25, 0.3) is 11.1 Å². The van der Waals surface area contributed by atoms with Crippen molar-refractivity contribution in [3.8, 4) is 11.1 Å². The van der Waals surface area contributed by atoms with Crippen LogP contribution in [-0.4, -0.2) is 30.8 Å². The van der Waals surface area contributed by atoms with E-state index < -0.39 is 37.6 Å². The average molecular weight is 580 g/mol. The normalized spacial score (nSPS) is 13.6. The molecule has 2 rings (SSSR count). The molecule has 2 aromatic rings. The molecule has 0 saturated carbocycles. The fraction of sp³-hybridized carbons (Fsp3) is 0.214. The number of hydrogen-bond acceptors (Lipinski definition) is 3. The predicted molar refractivity (Wildman–Crippen MR) is 93.2 cm³/mol. The van der Waals surface area contributed by atoms with Gasteiger partial charge >= 0.3 is 17.4 Å². The van der Waals surface area contributed by atoms with E-state index in [4.69, 9.17) is 11.6 Å². The monoisotopic (exact) mass is 577 g/mol. The van der Waals surface area contributed by atoms with Gasteiger partial charge in [-0.1, -0.05) is 43.5 Å². The van der Waals surface area contributed by atoms with Gasteiger partial charge in [0.15, 0.2) is 0 Å². The standard InChI is InChI=1S/C14H5Br2ClF7NO2S/c15-7-3-8(16)11(6-1-2-10(17)25-5-6)9(4-7)28(26,27)14(23,24)12(18,19)13(20,21)22/h1-5H. The fourth-order valence-electron chi connectivity index (χ4n) is 2.04. The predicted octanol–water partition coefficient (Wildman–Crippen LogP) is 6.49. The summed E-state index contributed by atoms with van der Waals surface area (Å²) in [5.74, 6) is -6.84. The van der Waals surface area contributed by atoms with Gasteiger partial charge in [-0.25, -0.2) is 13.4 Å². The van der Waals surface area contributed by atoms with Gasteiger partial charge in [0.2, 0.25) is 0 Å². The van der Waals surface area contributed by atoms with Gasteiger partial charge in [-0.15, -0.1) is 0 Å². The highest BCUT2D eigenvalue weighted by atomic mass is 79.9. The van der Waals surface area contributed by atoms with Crippen molar-refractivity contribution >= 4 is 53.3 Å². The van der Waals surface area contributed by atoms with E-state index in [0.29, 0.717) is 6.07 Å². The first kappa shape index (κ1) is 23.4. The molecule has 0 atom stereocenters. The number of sulfone groups is 1. The van der Waals surface area contributed by atoms with Gasteiger partial charge in [-0.05, 0) is 24.3 Å².